The van der Waals surface area contributed by atoms with Crippen molar-refractivity contribution < 1.29 is 0 Å². The van der Waals surface area contributed by atoms with Crippen molar-refractivity contribution in [1.82, 2.24) is 10.3 Å². The van der Waals surface area contributed by atoms with Gasteiger partial charge in [0.2, 0.25) is 0 Å². The summed E-state index contributed by atoms with van der Waals surface area (Å²) in [7, 11) is 0. The molecule has 0 radical (unpaired) electrons. The van der Waals surface area contributed by atoms with Gasteiger partial charge < -0.3 is 10.2 Å². The highest BCUT2D eigenvalue weighted by Gasteiger charge is 2.36. The van der Waals surface area contributed by atoms with Gasteiger partial charge in [-0.2, -0.15) is 0 Å². The Morgan fingerprint density at radius 1 is 1.11 bits per heavy atom. The van der Waals surface area contributed by atoms with Crippen LogP contribution in [0.3, 0.4) is 0 Å². The smallest absolute Gasteiger partial charge is 0.125 e. The minimum atomic E-state index is 0.835. The zero-order chi connectivity index (χ0) is 12.7. The maximum atomic E-state index is 4.59. The molecule has 2 saturated heterocycles. The Balaban J connectivity index is 1.56. The van der Waals surface area contributed by atoms with Gasteiger partial charge >= 0.3 is 0 Å². The second-order valence-electron chi connectivity index (χ2n) is 5.45. The minimum Gasteiger partial charge on any atom is -0.361 e. The Labute approximate surface area is 117 Å². The van der Waals surface area contributed by atoms with Crippen molar-refractivity contribution >= 4 is 16.3 Å². The molecule has 1 aromatic heterocycles. The molecule has 0 bridgehead atoms. The van der Waals surface area contributed by atoms with E-state index in [1.165, 1.54) is 36.7 Å². The van der Waals surface area contributed by atoms with Crippen LogP contribution in [-0.4, -0.2) is 31.2 Å². The Morgan fingerprint density at radius 2 is 1.84 bits per heavy atom. The molecular weight excluding hydrogens is 254 g/mol. The van der Waals surface area contributed by atoms with Crippen molar-refractivity contribution in [2.75, 3.05) is 31.1 Å². The van der Waals surface area contributed by atoms with E-state index in [1.807, 2.05) is 23.6 Å². The summed E-state index contributed by atoms with van der Waals surface area (Å²) in [5, 5.41) is 5.95. The number of fused-ring (bicyclic) bond motifs is 1. The molecule has 0 amide bonds. The number of thiazole rings is 1. The average molecular weight is 271 g/mol. The Bertz CT molecular complexity index is 554. The van der Waals surface area contributed by atoms with Gasteiger partial charge in [0.1, 0.15) is 10.0 Å². The second kappa shape index (κ2) is 4.62. The first-order valence-electron chi connectivity index (χ1n) is 6.87. The first-order chi connectivity index (χ1) is 9.40. The third-order valence-electron chi connectivity index (χ3n) is 4.22. The van der Waals surface area contributed by atoms with E-state index in [4.69, 9.17) is 0 Å². The summed E-state index contributed by atoms with van der Waals surface area (Å²) in [6.07, 6.45) is 2.04. The predicted octanol–water partition coefficient (Wildman–Crippen LogP) is 2.47. The van der Waals surface area contributed by atoms with E-state index < -0.39 is 0 Å². The number of hydrogen-bond acceptors (Lipinski definition) is 4. The van der Waals surface area contributed by atoms with Crippen LogP contribution in [0.25, 0.3) is 10.6 Å². The van der Waals surface area contributed by atoms with Crippen LogP contribution >= 0.6 is 11.3 Å². The largest absolute Gasteiger partial charge is 0.361 e. The summed E-state index contributed by atoms with van der Waals surface area (Å²) in [5.74, 6) is 1.67. The maximum absolute atomic E-state index is 4.59. The lowest BCUT2D eigenvalue weighted by Gasteiger charge is -2.16. The SMILES string of the molecule is c1ccc(-c2ncc(N3CC4CNCC4C3)s2)cc1. The topological polar surface area (TPSA) is 28.2 Å². The van der Waals surface area contributed by atoms with E-state index >= 15 is 0 Å². The van der Waals surface area contributed by atoms with Crippen LogP contribution in [0.15, 0.2) is 36.5 Å². The Kier molecular flexibility index (Phi) is 2.78. The first-order valence-corrected chi connectivity index (χ1v) is 7.69. The lowest BCUT2D eigenvalue weighted by Crippen LogP contribution is -2.24. The van der Waals surface area contributed by atoms with Crippen molar-refractivity contribution in [3.05, 3.63) is 36.5 Å². The van der Waals surface area contributed by atoms with E-state index in [9.17, 15) is 0 Å². The van der Waals surface area contributed by atoms with E-state index in [0.29, 0.717) is 0 Å². The van der Waals surface area contributed by atoms with E-state index in [-0.39, 0.29) is 0 Å². The Morgan fingerprint density at radius 3 is 2.58 bits per heavy atom. The molecular formula is C15H17N3S. The van der Waals surface area contributed by atoms with Gasteiger partial charge in [0.15, 0.2) is 0 Å². The van der Waals surface area contributed by atoms with E-state index in [0.717, 1.165) is 16.8 Å². The molecule has 2 aliphatic rings. The molecule has 2 fully saturated rings. The molecule has 3 nitrogen and oxygen atoms in total. The zero-order valence-electron chi connectivity index (χ0n) is 10.7. The second-order valence-corrected chi connectivity index (χ2v) is 6.46. The van der Waals surface area contributed by atoms with Crippen molar-refractivity contribution in [1.29, 1.82) is 0 Å². The number of nitrogens with zero attached hydrogens (tertiary/aromatic N) is 2. The highest BCUT2D eigenvalue weighted by molar-refractivity contribution is 7.18. The van der Waals surface area contributed by atoms with Gasteiger partial charge in [-0.1, -0.05) is 41.7 Å². The fourth-order valence-electron chi connectivity index (χ4n) is 3.16. The van der Waals surface area contributed by atoms with Gasteiger partial charge in [-0.25, -0.2) is 4.98 Å². The third kappa shape index (κ3) is 2.05. The van der Waals surface area contributed by atoms with Crippen molar-refractivity contribution in [3.8, 4) is 10.6 Å². The molecule has 19 heavy (non-hydrogen) atoms. The summed E-state index contributed by atoms with van der Waals surface area (Å²) in [6, 6.07) is 10.5. The molecule has 1 aromatic carbocycles. The summed E-state index contributed by atoms with van der Waals surface area (Å²) in [5.41, 5.74) is 1.22. The molecule has 0 aliphatic carbocycles. The van der Waals surface area contributed by atoms with Crippen LogP contribution in [-0.2, 0) is 0 Å². The van der Waals surface area contributed by atoms with Gasteiger partial charge in [-0.05, 0) is 11.8 Å². The van der Waals surface area contributed by atoms with Crippen LogP contribution in [0.1, 0.15) is 0 Å². The normalized spacial score (nSPS) is 25.8. The summed E-state index contributed by atoms with van der Waals surface area (Å²) >= 11 is 1.82. The van der Waals surface area contributed by atoms with Crippen LogP contribution in [0.5, 0.6) is 0 Å². The molecule has 2 aliphatic heterocycles. The molecule has 2 unspecified atom stereocenters. The van der Waals surface area contributed by atoms with Crippen LogP contribution < -0.4 is 10.2 Å². The van der Waals surface area contributed by atoms with Gasteiger partial charge in [0.25, 0.3) is 0 Å². The van der Waals surface area contributed by atoms with Crippen LogP contribution in [0.2, 0.25) is 0 Å². The van der Waals surface area contributed by atoms with Crippen LogP contribution in [0, 0.1) is 11.8 Å². The number of hydrogen-bond donors (Lipinski definition) is 1. The van der Waals surface area contributed by atoms with Crippen molar-refractivity contribution in [2.45, 2.75) is 0 Å². The monoisotopic (exact) mass is 271 g/mol. The Hall–Kier alpha value is -1.39. The minimum absolute atomic E-state index is 0.835. The number of aromatic nitrogens is 1. The third-order valence-corrected chi connectivity index (χ3v) is 5.32. The predicted molar refractivity (Wildman–Crippen MR) is 79.6 cm³/mol. The molecule has 0 spiro atoms. The lowest BCUT2D eigenvalue weighted by atomic mass is 10.0. The molecule has 98 valence electrons. The molecule has 4 heteroatoms. The highest BCUT2D eigenvalue weighted by Crippen LogP contribution is 2.36. The number of anilines is 1. The average Bonchev–Trinajstić information content (AvgIpc) is 3.14. The van der Waals surface area contributed by atoms with Gasteiger partial charge in [0, 0.05) is 31.7 Å². The first kappa shape index (κ1) is 11.4. The number of benzene rings is 1. The highest BCUT2D eigenvalue weighted by atomic mass is 32.1. The van der Waals surface area contributed by atoms with Crippen LogP contribution in [0.4, 0.5) is 5.00 Å². The summed E-state index contributed by atoms with van der Waals surface area (Å²) in [4.78, 5) is 7.10. The van der Waals surface area contributed by atoms with Gasteiger partial charge in [-0.15, -0.1) is 0 Å². The van der Waals surface area contributed by atoms with Gasteiger partial charge in [-0.3, -0.25) is 0 Å². The fourth-order valence-corrected chi connectivity index (χ4v) is 4.10. The van der Waals surface area contributed by atoms with E-state index in [2.05, 4.69) is 39.5 Å². The number of nitrogens with one attached hydrogen (secondary N) is 1. The quantitative estimate of drug-likeness (QED) is 0.909. The fraction of sp³-hybridized carbons (Fsp3) is 0.400. The molecule has 3 heterocycles. The molecule has 0 saturated carbocycles. The summed E-state index contributed by atoms with van der Waals surface area (Å²) < 4.78 is 0. The van der Waals surface area contributed by atoms with Crippen molar-refractivity contribution in [2.24, 2.45) is 11.8 Å². The summed E-state index contributed by atoms with van der Waals surface area (Å²) in [6.45, 7) is 4.75. The standard InChI is InChI=1S/C15H17N3S/c1-2-4-11(5-3-1)15-17-8-14(19-15)18-9-12-6-16-7-13(12)10-18/h1-5,8,12-13,16H,6-7,9-10H2. The maximum Gasteiger partial charge on any atom is 0.125 e. The molecule has 2 atom stereocenters. The molecule has 4 rings (SSSR count). The lowest BCUT2D eigenvalue weighted by molar-refractivity contribution is 0.533. The van der Waals surface area contributed by atoms with Crippen molar-refractivity contribution in [3.63, 3.8) is 0 Å². The number of rotatable bonds is 2. The van der Waals surface area contributed by atoms with E-state index in [1.54, 1.807) is 0 Å². The molecule has 2 aromatic rings. The zero-order valence-corrected chi connectivity index (χ0v) is 11.6. The van der Waals surface area contributed by atoms with Gasteiger partial charge in [0.05, 0.1) is 6.20 Å². The molecule has 1 N–H and O–H groups in total.